The number of nitro groups is 1. The molecule has 1 N–H and O–H groups in total. The van der Waals surface area contributed by atoms with Crippen molar-refractivity contribution in [3.05, 3.63) is 105 Å². The third-order valence-corrected chi connectivity index (χ3v) is 5.99. The quantitative estimate of drug-likeness (QED) is 0.530. The molecule has 138 valence electrons. The van der Waals surface area contributed by atoms with Gasteiger partial charge in [0.05, 0.1) is 10.8 Å². The summed E-state index contributed by atoms with van der Waals surface area (Å²) in [5.41, 5.74) is 5.72. The monoisotopic (exact) mass is 370 g/mol. The molecule has 0 saturated carbocycles. The minimum Gasteiger partial charge on any atom is -0.326 e. The van der Waals surface area contributed by atoms with Gasteiger partial charge >= 0.3 is 0 Å². The summed E-state index contributed by atoms with van der Waals surface area (Å²) < 4.78 is 0. The lowest BCUT2D eigenvalue weighted by Gasteiger charge is -2.44. The van der Waals surface area contributed by atoms with Gasteiger partial charge in [-0.25, -0.2) is 0 Å². The number of carbonyl (C=O) groups excluding carboxylic acids is 1. The van der Waals surface area contributed by atoms with Crippen molar-refractivity contribution in [1.82, 2.24) is 0 Å². The fourth-order valence-electron chi connectivity index (χ4n) is 4.80. The molecule has 0 saturated heterocycles. The number of nitrogens with one attached hydrogen (secondary N) is 1. The second-order valence-electron chi connectivity index (χ2n) is 7.42. The molecule has 5 nitrogen and oxygen atoms in total. The van der Waals surface area contributed by atoms with Gasteiger partial charge in [0, 0.05) is 29.7 Å². The number of amides is 1. The predicted octanol–water partition coefficient (Wildman–Crippen LogP) is 4.83. The van der Waals surface area contributed by atoms with Crippen LogP contribution in [-0.4, -0.2) is 10.8 Å². The van der Waals surface area contributed by atoms with Crippen LogP contribution in [0.1, 0.15) is 40.5 Å². The minimum absolute atomic E-state index is 0.0116. The van der Waals surface area contributed by atoms with Crippen molar-refractivity contribution in [2.45, 2.75) is 18.3 Å². The minimum atomic E-state index is -0.445. The summed E-state index contributed by atoms with van der Waals surface area (Å²) in [7, 11) is 0. The molecule has 3 aromatic carbocycles. The van der Waals surface area contributed by atoms with E-state index in [-0.39, 0.29) is 29.3 Å². The normalized spacial score (nSPS) is 21.5. The summed E-state index contributed by atoms with van der Waals surface area (Å²) in [6.07, 6.45) is 0.775. The lowest BCUT2D eigenvalue weighted by Crippen LogP contribution is -2.38. The van der Waals surface area contributed by atoms with Gasteiger partial charge in [0.25, 0.3) is 5.69 Å². The van der Waals surface area contributed by atoms with Gasteiger partial charge in [-0.2, -0.15) is 0 Å². The highest BCUT2D eigenvalue weighted by molar-refractivity contribution is 5.94. The average Bonchev–Trinajstić information content (AvgIpc) is 2.74. The lowest BCUT2D eigenvalue weighted by atomic mass is 9.59. The average molecular weight is 370 g/mol. The number of hydrogen-bond donors (Lipinski definition) is 1. The molecule has 0 aliphatic heterocycles. The Labute approximate surface area is 162 Å². The zero-order chi connectivity index (χ0) is 19.3. The van der Waals surface area contributed by atoms with Gasteiger partial charge in [-0.05, 0) is 40.8 Å². The molecular formula is C23H18N2O3. The number of fused-ring (bicyclic) bond motifs is 1. The Hall–Kier alpha value is -3.47. The SMILES string of the molecule is O=C(Nc1ccc([N+](=O)[O-])cc1)[C@H]1CC2c3ccccc3C1c1ccccc12. The van der Waals surface area contributed by atoms with Crippen LogP contribution in [0.5, 0.6) is 0 Å². The maximum atomic E-state index is 13.2. The van der Waals surface area contributed by atoms with Crippen LogP contribution in [0.25, 0.3) is 0 Å². The van der Waals surface area contributed by atoms with Crippen molar-refractivity contribution < 1.29 is 9.72 Å². The van der Waals surface area contributed by atoms with Crippen LogP contribution in [0.15, 0.2) is 72.8 Å². The number of non-ortho nitro benzene ring substituents is 1. The number of hydrogen-bond acceptors (Lipinski definition) is 3. The van der Waals surface area contributed by atoms with Crippen molar-refractivity contribution in [1.29, 1.82) is 0 Å². The van der Waals surface area contributed by atoms with E-state index in [1.807, 2.05) is 12.1 Å². The van der Waals surface area contributed by atoms with E-state index >= 15 is 0 Å². The fraction of sp³-hybridized carbons (Fsp3) is 0.174. The van der Waals surface area contributed by atoms with E-state index in [9.17, 15) is 14.9 Å². The van der Waals surface area contributed by atoms with Crippen LogP contribution in [0, 0.1) is 16.0 Å². The maximum Gasteiger partial charge on any atom is 0.269 e. The summed E-state index contributed by atoms with van der Waals surface area (Å²) >= 11 is 0. The van der Waals surface area contributed by atoms with E-state index in [1.54, 1.807) is 12.1 Å². The molecule has 0 unspecified atom stereocenters. The van der Waals surface area contributed by atoms with Gasteiger partial charge < -0.3 is 5.32 Å². The number of benzene rings is 3. The number of nitro benzene ring substituents is 1. The molecule has 3 aliphatic carbocycles. The Morgan fingerprint density at radius 1 is 0.857 bits per heavy atom. The number of rotatable bonds is 3. The standard InChI is InChI=1S/C23H18N2O3/c26-23(24-14-9-11-15(12-10-14)25(27)28)21-13-20-16-5-1-3-7-18(16)22(21)19-8-4-2-6-17(19)20/h1-12,20-22H,13H2,(H,24,26)/t20?,21-,22?/m0/s1. The maximum absolute atomic E-state index is 13.2. The molecule has 0 fully saturated rings. The first-order valence-electron chi connectivity index (χ1n) is 9.36. The summed E-state index contributed by atoms with van der Waals surface area (Å²) in [6.45, 7) is 0. The molecular weight excluding hydrogens is 352 g/mol. The molecule has 0 heterocycles. The van der Waals surface area contributed by atoms with Crippen LogP contribution in [0.3, 0.4) is 0 Å². The van der Waals surface area contributed by atoms with E-state index in [1.165, 1.54) is 34.4 Å². The first kappa shape index (κ1) is 16.7. The van der Waals surface area contributed by atoms with Crippen LogP contribution >= 0.6 is 0 Å². The van der Waals surface area contributed by atoms with Crippen molar-refractivity contribution >= 4 is 17.3 Å². The van der Waals surface area contributed by atoms with Crippen molar-refractivity contribution in [3.8, 4) is 0 Å². The zero-order valence-electron chi connectivity index (χ0n) is 15.0. The number of carbonyl (C=O) groups is 1. The molecule has 1 atom stereocenters. The second-order valence-corrected chi connectivity index (χ2v) is 7.42. The van der Waals surface area contributed by atoms with Crippen LogP contribution in [0.2, 0.25) is 0 Å². The molecule has 0 aromatic heterocycles. The molecule has 5 heteroatoms. The van der Waals surface area contributed by atoms with Crippen molar-refractivity contribution in [3.63, 3.8) is 0 Å². The summed E-state index contributed by atoms with van der Waals surface area (Å²) in [6, 6.07) is 22.8. The van der Waals surface area contributed by atoms with Crippen molar-refractivity contribution in [2.24, 2.45) is 5.92 Å². The number of anilines is 1. The third-order valence-electron chi connectivity index (χ3n) is 5.99. The van der Waals surface area contributed by atoms with Crippen LogP contribution in [0.4, 0.5) is 11.4 Å². The first-order valence-corrected chi connectivity index (χ1v) is 9.36. The fourth-order valence-corrected chi connectivity index (χ4v) is 4.80. The Morgan fingerprint density at radius 2 is 1.39 bits per heavy atom. The molecule has 1 amide bonds. The Balaban J connectivity index is 1.48. The molecule has 0 spiro atoms. The van der Waals surface area contributed by atoms with Gasteiger partial charge in [-0.3, -0.25) is 14.9 Å². The summed E-state index contributed by atoms with van der Waals surface area (Å²) in [4.78, 5) is 23.5. The topological polar surface area (TPSA) is 72.2 Å². The van der Waals surface area contributed by atoms with E-state index in [0.717, 1.165) is 6.42 Å². The van der Waals surface area contributed by atoms with Gasteiger partial charge in [0.15, 0.2) is 0 Å². The molecule has 28 heavy (non-hydrogen) atoms. The first-order chi connectivity index (χ1) is 13.6. The zero-order valence-corrected chi connectivity index (χ0v) is 15.0. The van der Waals surface area contributed by atoms with Gasteiger partial charge in [-0.15, -0.1) is 0 Å². The smallest absolute Gasteiger partial charge is 0.269 e. The van der Waals surface area contributed by atoms with E-state index in [4.69, 9.17) is 0 Å². The van der Waals surface area contributed by atoms with Crippen molar-refractivity contribution in [2.75, 3.05) is 5.32 Å². The number of nitrogens with zero attached hydrogens (tertiary/aromatic N) is 1. The second kappa shape index (κ2) is 6.30. The highest BCUT2D eigenvalue weighted by Crippen LogP contribution is 2.55. The van der Waals surface area contributed by atoms with Gasteiger partial charge in [-0.1, -0.05) is 48.5 Å². The Morgan fingerprint density at radius 3 is 1.93 bits per heavy atom. The Bertz CT molecular complexity index is 1040. The Kier molecular flexibility index (Phi) is 3.76. The van der Waals surface area contributed by atoms with Gasteiger partial charge in [0.1, 0.15) is 0 Å². The molecule has 3 aliphatic rings. The highest BCUT2D eigenvalue weighted by atomic mass is 16.6. The summed E-state index contributed by atoms with van der Waals surface area (Å²) in [5.74, 6) is 0.0679. The molecule has 3 aromatic rings. The van der Waals surface area contributed by atoms with Gasteiger partial charge in [0.2, 0.25) is 5.91 Å². The highest BCUT2D eigenvalue weighted by Gasteiger charge is 2.45. The molecule has 2 bridgehead atoms. The van der Waals surface area contributed by atoms with Crippen LogP contribution in [-0.2, 0) is 4.79 Å². The third kappa shape index (κ3) is 2.51. The largest absolute Gasteiger partial charge is 0.326 e. The van der Waals surface area contributed by atoms with E-state index < -0.39 is 4.92 Å². The van der Waals surface area contributed by atoms with Crippen LogP contribution < -0.4 is 5.32 Å². The van der Waals surface area contributed by atoms with E-state index in [0.29, 0.717) is 5.69 Å². The predicted molar refractivity (Wildman–Crippen MR) is 106 cm³/mol. The lowest BCUT2D eigenvalue weighted by molar-refractivity contribution is -0.384. The summed E-state index contributed by atoms with van der Waals surface area (Å²) in [5, 5.41) is 13.8. The van der Waals surface area contributed by atoms with E-state index in [2.05, 4.69) is 41.7 Å². The molecule has 6 rings (SSSR count). The molecule has 0 radical (unpaired) electrons.